The minimum atomic E-state index is 0.271. The van der Waals surface area contributed by atoms with Gasteiger partial charge in [-0.2, -0.15) is 9.97 Å². The van der Waals surface area contributed by atoms with Crippen LogP contribution >= 0.6 is 0 Å². The van der Waals surface area contributed by atoms with E-state index in [0.717, 1.165) is 0 Å². The molecule has 1 aliphatic carbocycles. The van der Waals surface area contributed by atoms with Crippen LogP contribution in [0.2, 0.25) is 0 Å². The summed E-state index contributed by atoms with van der Waals surface area (Å²) in [4.78, 5) is 12.3. The summed E-state index contributed by atoms with van der Waals surface area (Å²) in [7, 11) is 3.28. The van der Waals surface area contributed by atoms with E-state index in [1.54, 1.807) is 7.05 Å². The SMILES string of the molecule is CNc1nc(OC)nc(OCC2CCCCC2)n1. The van der Waals surface area contributed by atoms with E-state index in [0.29, 0.717) is 24.5 Å². The van der Waals surface area contributed by atoms with Gasteiger partial charge in [0.1, 0.15) is 0 Å². The van der Waals surface area contributed by atoms with Gasteiger partial charge in [0, 0.05) is 7.05 Å². The Bertz CT molecular complexity index is 358. The van der Waals surface area contributed by atoms with Crippen LogP contribution in [0.15, 0.2) is 0 Å². The maximum absolute atomic E-state index is 5.65. The molecule has 1 aromatic heterocycles. The lowest BCUT2D eigenvalue weighted by Crippen LogP contribution is -2.16. The second-order valence-electron chi connectivity index (χ2n) is 4.49. The standard InChI is InChI=1S/C12H20N4O2/c1-13-10-14-11(17-2)16-12(15-10)18-8-9-6-4-3-5-7-9/h9H,3-8H2,1-2H3,(H,13,14,15,16). The summed E-state index contributed by atoms with van der Waals surface area (Å²) in [6, 6.07) is 0.602. The third-order valence-electron chi connectivity index (χ3n) is 3.17. The first-order valence-electron chi connectivity index (χ1n) is 6.42. The van der Waals surface area contributed by atoms with Crippen LogP contribution in [0.3, 0.4) is 0 Å². The van der Waals surface area contributed by atoms with Gasteiger partial charge in [-0.3, -0.25) is 0 Å². The zero-order valence-corrected chi connectivity index (χ0v) is 11.0. The number of hydrogen-bond acceptors (Lipinski definition) is 6. The number of nitrogens with zero attached hydrogens (tertiary/aromatic N) is 3. The number of hydrogen-bond donors (Lipinski definition) is 1. The zero-order valence-electron chi connectivity index (χ0n) is 11.0. The number of aromatic nitrogens is 3. The van der Waals surface area contributed by atoms with E-state index in [4.69, 9.17) is 9.47 Å². The van der Waals surface area contributed by atoms with Crippen molar-refractivity contribution in [2.24, 2.45) is 5.92 Å². The normalized spacial score (nSPS) is 16.3. The van der Waals surface area contributed by atoms with E-state index < -0.39 is 0 Å². The summed E-state index contributed by atoms with van der Waals surface area (Å²) in [5, 5.41) is 2.86. The predicted octanol–water partition coefficient (Wildman–Crippen LogP) is 1.88. The van der Waals surface area contributed by atoms with E-state index in [1.165, 1.54) is 39.2 Å². The Morgan fingerprint density at radius 3 is 2.50 bits per heavy atom. The Labute approximate surface area is 107 Å². The van der Waals surface area contributed by atoms with E-state index in [2.05, 4.69) is 20.3 Å². The van der Waals surface area contributed by atoms with E-state index in [1.807, 2.05) is 0 Å². The average Bonchev–Trinajstić information content (AvgIpc) is 2.45. The first kappa shape index (κ1) is 12.9. The van der Waals surface area contributed by atoms with Gasteiger partial charge < -0.3 is 14.8 Å². The molecule has 1 saturated carbocycles. The fraction of sp³-hybridized carbons (Fsp3) is 0.750. The topological polar surface area (TPSA) is 69.2 Å². The third kappa shape index (κ3) is 3.45. The molecule has 1 heterocycles. The molecule has 0 aromatic carbocycles. The molecule has 100 valence electrons. The summed E-state index contributed by atoms with van der Waals surface area (Å²) < 4.78 is 10.7. The van der Waals surface area contributed by atoms with E-state index >= 15 is 0 Å². The fourth-order valence-corrected chi connectivity index (χ4v) is 2.15. The highest BCUT2D eigenvalue weighted by Crippen LogP contribution is 2.24. The zero-order chi connectivity index (χ0) is 12.8. The first-order valence-corrected chi connectivity index (χ1v) is 6.42. The predicted molar refractivity (Wildman–Crippen MR) is 68.0 cm³/mol. The number of rotatable bonds is 5. The van der Waals surface area contributed by atoms with Crippen LogP contribution in [0.25, 0.3) is 0 Å². The Kier molecular flexibility index (Phi) is 4.55. The van der Waals surface area contributed by atoms with Crippen molar-refractivity contribution in [2.75, 3.05) is 26.1 Å². The van der Waals surface area contributed by atoms with Crippen LogP contribution in [-0.2, 0) is 0 Å². The first-order chi connectivity index (χ1) is 8.81. The molecule has 0 aliphatic heterocycles. The van der Waals surface area contributed by atoms with Crippen molar-refractivity contribution in [2.45, 2.75) is 32.1 Å². The summed E-state index contributed by atoms with van der Waals surface area (Å²) in [5.74, 6) is 1.08. The molecule has 18 heavy (non-hydrogen) atoms. The van der Waals surface area contributed by atoms with Crippen LogP contribution in [0.1, 0.15) is 32.1 Å². The van der Waals surface area contributed by atoms with Gasteiger partial charge in [-0.1, -0.05) is 19.3 Å². The van der Waals surface area contributed by atoms with Gasteiger partial charge in [-0.15, -0.1) is 4.98 Å². The molecule has 2 rings (SSSR count). The second-order valence-corrected chi connectivity index (χ2v) is 4.49. The van der Waals surface area contributed by atoms with Crippen LogP contribution in [0.5, 0.6) is 12.0 Å². The van der Waals surface area contributed by atoms with Gasteiger partial charge in [0.25, 0.3) is 0 Å². The van der Waals surface area contributed by atoms with E-state index in [-0.39, 0.29) is 6.01 Å². The molecule has 6 heteroatoms. The van der Waals surface area contributed by atoms with Gasteiger partial charge in [0.05, 0.1) is 13.7 Å². The number of methoxy groups -OCH3 is 1. The van der Waals surface area contributed by atoms with E-state index in [9.17, 15) is 0 Å². The smallest absolute Gasteiger partial charge is 0.324 e. The van der Waals surface area contributed by atoms with Gasteiger partial charge in [-0.05, 0) is 18.8 Å². The second kappa shape index (κ2) is 6.37. The minimum absolute atomic E-state index is 0.271. The molecule has 1 aromatic rings. The molecule has 0 amide bonds. The lowest BCUT2D eigenvalue weighted by molar-refractivity contribution is 0.193. The highest BCUT2D eigenvalue weighted by molar-refractivity contribution is 5.26. The molecule has 0 atom stereocenters. The largest absolute Gasteiger partial charge is 0.467 e. The number of anilines is 1. The Morgan fingerprint density at radius 2 is 1.83 bits per heavy atom. The molecule has 0 radical (unpaired) electrons. The van der Waals surface area contributed by atoms with Crippen LogP contribution in [0.4, 0.5) is 5.95 Å². The Hall–Kier alpha value is -1.59. The highest BCUT2D eigenvalue weighted by atomic mass is 16.5. The van der Waals surface area contributed by atoms with Gasteiger partial charge >= 0.3 is 12.0 Å². The lowest BCUT2D eigenvalue weighted by atomic mass is 9.90. The van der Waals surface area contributed by atoms with Crippen molar-refractivity contribution in [1.29, 1.82) is 0 Å². The Balaban J connectivity index is 1.94. The van der Waals surface area contributed by atoms with Crippen LogP contribution in [-0.4, -0.2) is 35.7 Å². The maximum Gasteiger partial charge on any atom is 0.324 e. The molecular weight excluding hydrogens is 232 g/mol. The number of ether oxygens (including phenoxy) is 2. The van der Waals surface area contributed by atoms with Crippen LogP contribution in [0, 0.1) is 5.92 Å². The van der Waals surface area contributed by atoms with Gasteiger partial charge in [-0.25, -0.2) is 0 Å². The maximum atomic E-state index is 5.65. The summed E-state index contributed by atoms with van der Waals surface area (Å²) in [6.45, 7) is 0.677. The molecule has 0 saturated heterocycles. The monoisotopic (exact) mass is 252 g/mol. The molecule has 0 unspecified atom stereocenters. The summed E-state index contributed by atoms with van der Waals surface area (Å²) in [5.41, 5.74) is 0. The van der Waals surface area contributed by atoms with Crippen molar-refractivity contribution in [1.82, 2.24) is 15.0 Å². The van der Waals surface area contributed by atoms with Crippen molar-refractivity contribution < 1.29 is 9.47 Å². The molecule has 0 bridgehead atoms. The molecule has 6 nitrogen and oxygen atoms in total. The molecule has 1 fully saturated rings. The third-order valence-corrected chi connectivity index (χ3v) is 3.17. The summed E-state index contributed by atoms with van der Waals surface area (Å²) in [6.07, 6.45) is 6.43. The summed E-state index contributed by atoms with van der Waals surface area (Å²) >= 11 is 0. The Morgan fingerprint density at radius 1 is 1.11 bits per heavy atom. The fourth-order valence-electron chi connectivity index (χ4n) is 2.15. The molecule has 0 spiro atoms. The van der Waals surface area contributed by atoms with Crippen molar-refractivity contribution in [3.05, 3.63) is 0 Å². The average molecular weight is 252 g/mol. The van der Waals surface area contributed by atoms with Crippen molar-refractivity contribution in [3.8, 4) is 12.0 Å². The van der Waals surface area contributed by atoms with Crippen LogP contribution < -0.4 is 14.8 Å². The quantitative estimate of drug-likeness (QED) is 0.863. The molecule has 1 N–H and O–H groups in total. The molecular formula is C12H20N4O2. The highest BCUT2D eigenvalue weighted by Gasteiger charge is 2.15. The minimum Gasteiger partial charge on any atom is -0.467 e. The van der Waals surface area contributed by atoms with Crippen molar-refractivity contribution >= 4 is 5.95 Å². The van der Waals surface area contributed by atoms with Gasteiger partial charge in [0.15, 0.2) is 0 Å². The van der Waals surface area contributed by atoms with Crippen molar-refractivity contribution in [3.63, 3.8) is 0 Å². The van der Waals surface area contributed by atoms with Gasteiger partial charge in [0.2, 0.25) is 5.95 Å². The lowest BCUT2D eigenvalue weighted by Gasteiger charge is -2.21. The molecule has 1 aliphatic rings. The number of nitrogens with one attached hydrogen (secondary N) is 1.